The fraction of sp³-hybridized carbons (Fsp3) is 0.538. The van der Waals surface area contributed by atoms with Crippen molar-refractivity contribution in [3.8, 4) is 0 Å². The van der Waals surface area contributed by atoms with Gasteiger partial charge in [0.2, 0.25) is 0 Å². The minimum absolute atomic E-state index is 0.141. The maximum Gasteiger partial charge on any atom is 0.137 e. The van der Waals surface area contributed by atoms with Gasteiger partial charge < -0.3 is 0 Å². The highest BCUT2D eigenvalue weighted by Gasteiger charge is 2.32. The van der Waals surface area contributed by atoms with Gasteiger partial charge in [0.15, 0.2) is 0 Å². The largest absolute Gasteiger partial charge is 0.207 e. The Morgan fingerprint density at radius 1 is 1.29 bits per heavy atom. The summed E-state index contributed by atoms with van der Waals surface area (Å²) >= 11 is 9.28. The molecule has 0 bridgehead atoms. The van der Waals surface area contributed by atoms with E-state index in [0.717, 1.165) is 25.3 Å². The van der Waals surface area contributed by atoms with Gasteiger partial charge in [-0.05, 0) is 46.3 Å². The molecule has 0 aliphatic heterocycles. The molecular formula is C13H14BrClF2. The molecule has 1 aromatic rings. The van der Waals surface area contributed by atoms with E-state index in [1.165, 1.54) is 6.07 Å². The van der Waals surface area contributed by atoms with Gasteiger partial charge in [0.1, 0.15) is 11.6 Å². The summed E-state index contributed by atoms with van der Waals surface area (Å²) in [5.41, 5.74) is 0.283. The zero-order chi connectivity index (χ0) is 12.6. The molecule has 2 rings (SSSR count). The highest BCUT2D eigenvalue weighted by molar-refractivity contribution is 9.10. The lowest BCUT2D eigenvalue weighted by Gasteiger charge is -2.22. The summed E-state index contributed by atoms with van der Waals surface area (Å²) in [6, 6.07) is 2.36. The highest BCUT2D eigenvalue weighted by Crippen LogP contribution is 2.44. The van der Waals surface area contributed by atoms with Crippen molar-refractivity contribution in [3.05, 3.63) is 33.8 Å². The Labute approximate surface area is 113 Å². The monoisotopic (exact) mass is 322 g/mol. The van der Waals surface area contributed by atoms with Crippen molar-refractivity contribution in [1.29, 1.82) is 0 Å². The summed E-state index contributed by atoms with van der Waals surface area (Å²) in [4.78, 5) is 0. The van der Waals surface area contributed by atoms with E-state index in [1.807, 2.05) is 0 Å². The molecule has 1 saturated carbocycles. The van der Waals surface area contributed by atoms with E-state index in [-0.39, 0.29) is 16.0 Å². The first kappa shape index (κ1) is 13.3. The molecule has 0 spiro atoms. The van der Waals surface area contributed by atoms with Gasteiger partial charge in [0, 0.05) is 5.56 Å². The molecular weight excluding hydrogens is 309 g/mol. The third-order valence-corrected chi connectivity index (χ3v) is 4.81. The zero-order valence-corrected chi connectivity index (χ0v) is 11.9. The normalized spacial score (nSPS) is 26.2. The predicted molar refractivity (Wildman–Crippen MR) is 69.2 cm³/mol. The summed E-state index contributed by atoms with van der Waals surface area (Å²) < 4.78 is 27.4. The van der Waals surface area contributed by atoms with Gasteiger partial charge in [0.05, 0.1) is 9.85 Å². The van der Waals surface area contributed by atoms with Crippen LogP contribution in [-0.2, 0) is 0 Å². The molecule has 0 aromatic heterocycles. The van der Waals surface area contributed by atoms with E-state index < -0.39 is 17.0 Å². The molecule has 94 valence electrons. The molecule has 0 radical (unpaired) electrons. The second-order valence-corrected chi connectivity index (χ2v) is 6.09. The van der Waals surface area contributed by atoms with E-state index in [4.69, 9.17) is 11.6 Å². The van der Waals surface area contributed by atoms with Crippen LogP contribution in [0.3, 0.4) is 0 Å². The fourth-order valence-electron chi connectivity index (χ4n) is 2.59. The quantitative estimate of drug-likeness (QED) is 0.502. The number of rotatable bonds is 2. The molecule has 3 atom stereocenters. The first-order chi connectivity index (χ1) is 8.00. The van der Waals surface area contributed by atoms with Crippen molar-refractivity contribution >= 4 is 27.5 Å². The van der Waals surface area contributed by atoms with Gasteiger partial charge in [-0.2, -0.15) is 0 Å². The molecule has 0 N–H and O–H groups in total. The number of alkyl halides is 1. The van der Waals surface area contributed by atoms with E-state index in [2.05, 4.69) is 22.9 Å². The van der Waals surface area contributed by atoms with Gasteiger partial charge in [-0.25, -0.2) is 8.78 Å². The lowest BCUT2D eigenvalue weighted by molar-refractivity contribution is 0.397. The third kappa shape index (κ3) is 2.65. The molecule has 0 saturated heterocycles. The van der Waals surface area contributed by atoms with Gasteiger partial charge in [-0.3, -0.25) is 0 Å². The number of benzene rings is 1. The van der Waals surface area contributed by atoms with E-state index in [0.29, 0.717) is 5.92 Å². The Morgan fingerprint density at radius 3 is 2.59 bits per heavy atom. The maximum absolute atomic E-state index is 13.8. The summed E-state index contributed by atoms with van der Waals surface area (Å²) in [5.74, 6) is -0.176. The SMILES string of the molecule is CC1CCCC1C(Cl)c1cc(F)c(Br)cc1F. The summed E-state index contributed by atoms with van der Waals surface area (Å²) in [7, 11) is 0. The molecule has 0 nitrogen and oxygen atoms in total. The smallest absolute Gasteiger partial charge is 0.137 e. The molecule has 0 heterocycles. The Morgan fingerprint density at radius 2 is 2.00 bits per heavy atom. The number of hydrogen-bond donors (Lipinski definition) is 0. The first-order valence-corrected chi connectivity index (χ1v) is 7.02. The average molecular weight is 324 g/mol. The number of hydrogen-bond acceptors (Lipinski definition) is 0. The van der Waals surface area contributed by atoms with Crippen LogP contribution in [0.25, 0.3) is 0 Å². The van der Waals surface area contributed by atoms with Crippen molar-refractivity contribution < 1.29 is 8.78 Å². The van der Waals surface area contributed by atoms with Gasteiger partial charge in [-0.15, -0.1) is 11.6 Å². The zero-order valence-electron chi connectivity index (χ0n) is 9.52. The Hall–Kier alpha value is -0.150. The van der Waals surface area contributed by atoms with E-state index in [9.17, 15) is 8.78 Å². The van der Waals surface area contributed by atoms with Crippen molar-refractivity contribution in [2.75, 3.05) is 0 Å². The summed E-state index contributed by atoms with van der Waals surface area (Å²) in [6.07, 6.45) is 3.23. The molecule has 1 aromatic carbocycles. The van der Waals surface area contributed by atoms with E-state index >= 15 is 0 Å². The summed E-state index contributed by atoms with van der Waals surface area (Å²) in [6.45, 7) is 2.13. The first-order valence-electron chi connectivity index (χ1n) is 5.79. The van der Waals surface area contributed by atoms with Crippen LogP contribution < -0.4 is 0 Å². The molecule has 17 heavy (non-hydrogen) atoms. The second kappa shape index (κ2) is 5.23. The van der Waals surface area contributed by atoms with Crippen molar-refractivity contribution in [3.63, 3.8) is 0 Å². The molecule has 0 amide bonds. The van der Waals surface area contributed by atoms with Crippen LogP contribution in [0.2, 0.25) is 0 Å². The molecule has 1 aliphatic rings. The van der Waals surface area contributed by atoms with Gasteiger partial charge >= 0.3 is 0 Å². The molecule has 1 fully saturated rings. The Kier molecular flexibility index (Phi) is 4.09. The van der Waals surface area contributed by atoms with Gasteiger partial charge in [0.25, 0.3) is 0 Å². The summed E-state index contributed by atoms with van der Waals surface area (Å²) in [5, 5.41) is -0.435. The van der Waals surface area contributed by atoms with Crippen LogP contribution in [0.1, 0.15) is 37.1 Å². The lowest BCUT2D eigenvalue weighted by atomic mass is 9.90. The van der Waals surface area contributed by atoms with Crippen molar-refractivity contribution in [2.24, 2.45) is 11.8 Å². The van der Waals surface area contributed by atoms with Crippen LogP contribution in [0.15, 0.2) is 16.6 Å². The second-order valence-electron chi connectivity index (χ2n) is 4.76. The van der Waals surface area contributed by atoms with Crippen LogP contribution in [0.5, 0.6) is 0 Å². The lowest BCUT2D eigenvalue weighted by Crippen LogP contribution is -2.12. The number of halogens is 4. The fourth-order valence-corrected chi connectivity index (χ4v) is 3.45. The van der Waals surface area contributed by atoms with E-state index in [1.54, 1.807) is 0 Å². The topological polar surface area (TPSA) is 0 Å². The average Bonchev–Trinajstić information content (AvgIpc) is 2.69. The minimum atomic E-state index is -0.460. The molecule has 1 aliphatic carbocycles. The highest BCUT2D eigenvalue weighted by atomic mass is 79.9. The van der Waals surface area contributed by atoms with Crippen molar-refractivity contribution in [1.82, 2.24) is 0 Å². The Bertz CT molecular complexity index is 422. The van der Waals surface area contributed by atoms with Crippen LogP contribution >= 0.6 is 27.5 Å². The van der Waals surface area contributed by atoms with Crippen LogP contribution in [0.4, 0.5) is 8.78 Å². The van der Waals surface area contributed by atoms with Crippen LogP contribution in [-0.4, -0.2) is 0 Å². The van der Waals surface area contributed by atoms with Gasteiger partial charge in [-0.1, -0.05) is 19.8 Å². The molecule has 3 unspecified atom stereocenters. The van der Waals surface area contributed by atoms with Crippen molar-refractivity contribution in [2.45, 2.75) is 31.6 Å². The third-order valence-electron chi connectivity index (χ3n) is 3.64. The van der Waals surface area contributed by atoms with Crippen LogP contribution in [0, 0.1) is 23.5 Å². The Balaban J connectivity index is 2.30. The molecule has 4 heteroatoms. The predicted octanol–water partition coefficient (Wildman–Crippen LogP) is 5.44. The maximum atomic E-state index is 13.8. The minimum Gasteiger partial charge on any atom is -0.207 e. The standard InChI is InChI=1S/C13H14BrClF2/c1-7-3-2-4-8(7)13(15)9-5-12(17)10(14)6-11(9)16/h5-8,13H,2-4H2,1H3.